The quantitative estimate of drug-likeness (QED) is 0.361. The van der Waals surface area contributed by atoms with E-state index in [4.69, 9.17) is 23.2 Å². The summed E-state index contributed by atoms with van der Waals surface area (Å²) in [5, 5.41) is 8.51. The van der Waals surface area contributed by atoms with Gasteiger partial charge in [0.25, 0.3) is 0 Å². The van der Waals surface area contributed by atoms with Gasteiger partial charge in [-0.1, -0.05) is 71.7 Å². The minimum Gasteiger partial charge on any atom is -0.298 e. The highest BCUT2D eigenvalue weighted by Gasteiger charge is 2.09. The van der Waals surface area contributed by atoms with E-state index in [0.29, 0.717) is 20.7 Å². The average Bonchev–Trinajstić information content (AvgIpc) is 3.15. The first-order valence-corrected chi connectivity index (χ1v) is 10.1. The lowest BCUT2D eigenvalue weighted by atomic mass is 10.0. The number of hydrogen-bond donors (Lipinski definition) is 1. The normalized spacial score (nSPS) is 11.2. The van der Waals surface area contributed by atoms with E-state index in [0.717, 1.165) is 22.0 Å². The van der Waals surface area contributed by atoms with Crippen molar-refractivity contribution in [1.82, 2.24) is 4.98 Å². The van der Waals surface area contributed by atoms with Crippen molar-refractivity contribution in [2.24, 2.45) is 0 Å². The maximum Gasteiger partial charge on any atom is 0.250 e. The standard InChI is InChI=1S/C22H14Cl2N2OS/c23-18-9-4-10-19(24)17(18)11-12-21(27)26-22-25-20(13-28-22)16-8-3-6-14-5-1-2-7-15(14)16/h1-13H,(H,25,26,27). The summed E-state index contributed by atoms with van der Waals surface area (Å²) < 4.78 is 0. The molecule has 0 radical (unpaired) electrons. The second-order valence-corrected chi connectivity index (χ2v) is 7.70. The summed E-state index contributed by atoms with van der Waals surface area (Å²) in [5.41, 5.74) is 2.47. The first-order valence-electron chi connectivity index (χ1n) is 8.48. The Morgan fingerprint density at radius 3 is 2.50 bits per heavy atom. The Balaban J connectivity index is 1.53. The second kappa shape index (κ2) is 8.15. The van der Waals surface area contributed by atoms with Crippen LogP contribution in [0.2, 0.25) is 10.0 Å². The van der Waals surface area contributed by atoms with Crippen molar-refractivity contribution in [3.05, 3.63) is 87.7 Å². The minimum atomic E-state index is -0.296. The van der Waals surface area contributed by atoms with Crippen molar-refractivity contribution in [3.8, 4) is 11.3 Å². The fourth-order valence-electron chi connectivity index (χ4n) is 2.88. The molecule has 0 saturated carbocycles. The summed E-state index contributed by atoms with van der Waals surface area (Å²) in [6, 6.07) is 19.5. The van der Waals surface area contributed by atoms with Crippen molar-refractivity contribution in [2.75, 3.05) is 5.32 Å². The summed E-state index contributed by atoms with van der Waals surface area (Å²) >= 11 is 13.6. The third-order valence-corrected chi connectivity index (χ3v) is 5.62. The number of thiazole rings is 1. The summed E-state index contributed by atoms with van der Waals surface area (Å²) in [6.45, 7) is 0. The molecule has 0 atom stereocenters. The first-order chi connectivity index (χ1) is 13.6. The maximum absolute atomic E-state index is 12.2. The Labute approximate surface area is 176 Å². The Kier molecular flexibility index (Phi) is 5.44. The van der Waals surface area contributed by atoms with Gasteiger partial charge >= 0.3 is 0 Å². The molecule has 3 nitrogen and oxygen atoms in total. The molecule has 4 rings (SSSR count). The third kappa shape index (κ3) is 3.94. The monoisotopic (exact) mass is 424 g/mol. The molecule has 0 bridgehead atoms. The van der Waals surface area contributed by atoms with E-state index in [1.807, 2.05) is 29.6 Å². The Bertz CT molecular complexity index is 1170. The highest BCUT2D eigenvalue weighted by molar-refractivity contribution is 7.14. The smallest absolute Gasteiger partial charge is 0.250 e. The van der Waals surface area contributed by atoms with Crippen LogP contribution in [0.1, 0.15) is 5.56 Å². The predicted molar refractivity (Wildman–Crippen MR) is 119 cm³/mol. The van der Waals surface area contributed by atoms with Gasteiger partial charge in [-0.15, -0.1) is 11.3 Å². The number of nitrogens with one attached hydrogen (secondary N) is 1. The van der Waals surface area contributed by atoms with Crippen LogP contribution in [0.4, 0.5) is 5.13 Å². The van der Waals surface area contributed by atoms with E-state index >= 15 is 0 Å². The van der Waals surface area contributed by atoms with Gasteiger partial charge in [-0.25, -0.2) is 4.98 Å². The Hall–Kier alpha value is -2.66. The van der Waals surface area contributed by atoms with E-state index in [1.165, 1.54) is 17.4 Å². The van der Waals surface area contributed by atoms with Crippen LogP contribution in [-0.2, 0) is 4.79 Å². The highest BCUT2D eigenvalue weighted by Crippen LogP contribution is 2.31. The van der Waals surface area contributed by atoms with Gasteiger partial charge < -0.3 is 0 Å². The minimum absolute atomic E-state index is 0.296. The summed E-state index contributed by atoms with van der Waals surface area (Å²) in [5.74, 6) is -0.296. The molecule has 1 N–H and O–H groups in total. The van der Waals surface area contributed by atoms with Gasteiger partial charge in [0.05, 0.1) is 5.69 Å². The van der Waals surface area contributed by atoms with Gasteiger partial charge in [-0.05, 0) is 29.0 Å². The fourth-order valence-corrected chi connectivity index (χ4v) is 4.12. The number of anilines is 1. The topological polar surface area (TPSA) is 42.0 Å². The molecular formula is C22H14Cl2N2OS. The average molecular weight is 425 g/mol. The molecular weight excluding hydrogens is 411 g/mol. The molecule has 138 valence electrons. The molecule has 0 aliphatic rings. The highest BCUT2D eigenvalue weighted by atomic mass is 35.5. The number of benzene rings is 3. The van der Waals surface area contributed by atoms with Crippen molar-refractivity contribution in [1.29, 1.82) is 0 Å². The molecule has 3 aromatic carbocycles. The van der Waals surface area contributed by atoms with E-state index < -0.39 is 0 Å². The summed E-state index contributed by atoms with van der Waals surface area (Å²) in [7, 11) is 0. The molecule has 0 aliphatic carbocycles. The van der Waals surface area contributed by atoms with E-state index in [9.17, 15) is 4.79 Å². The zero-order chi connectivity index (χ0) is 19.5. The number of halogens is 2. The third-order valence-electron chi connectivity index (χ3n) is 4.20. The Morgan fingerprint density at radius 1 is 0.964 bits per heavy atom. The van der Waals surface area contributed by atoms with Crippen molar-refractivity contribution >= 4 is 62.4 Å². The maximum atomic E-state index is 12.2. The van der Waals surface area contributed by atoms with E-state index in [-0.39, 0.29) is 5.91 Å². The van der Waals surface area contributed by atoms with Gasteiger partial charge in [0, 0.05) is 32.6 Å². The van der Waals surface area contributed by atoms with Crippen LogP contribution in [0.25, 0.3) is 28.1 Å². The number of hydrogen-bond acceptors (Lipinski definition) is 3. The number of fused-ring (bicyclic) bond motifs is 1. The van der Waals surface area contributed by atoms with Crippen molar-refractivity contribution in [3.63, 3.8) is 0 Å². The molecule has 28 heavy (non-hydrogen) atoms. The lowest BCUT2D eigenvalue weighted by molar-refractivity contribution is -0.111. The van der Waals surface area contributed by atoms with Gasteiger partial charge in [0.15, 0.2) is 5.13 Å². The first kappa shape index (κ1) is 18.7. The zero-order valence-corrected chi connectivity index (χ0v) is 16.9. The van der Waals surface area contributed by atoms with Crippen LogP contribution in [0.3, 0.4) is 0 Å². The molecule has 0 aliphatic heterocycles. The van der Waals surface area contributed by atoms with Gasteiger partial charge in [0.2, 0.25) is 5.91 Å². The van der Waals surface area contributed by atoms with Crippen molar-refractivity contribution < 1.29 is 4.79 Å². The van der Waals surface area contributed by atoms with Gasteiger partial charge in [-0.3, -0.25) is 10.1 Å². The Morgan fingerprint density at radius 2 is 1.68 bits per heavy atom. The number of amides is 1. The van der Waals surface area contributed by atoms with Crippen LogP contribution in [0.5, 0.6) is 0 Å². The summed E-state index contributed by atoms with van der Waals surface area (Å²) in [6.07, 6.45) is 2.99. The predicted octanol–water partition coefficient (Wildman–Crippen LogP) is 6.92. The lowest BCUT2D eigenvalue weighted by Crippen LogP contribution is -2.07. The van der Waals surface area contributed by atoms with Crippen molar-refractivity contribution in [2.45, 2.75) is 0 Å². The van der Waals surface area contributed by atoms with Gasteiger partial charge in [0.1, 0.15) is 0 Å². The largest absolute Gasteiger partial charge is 0.298 e. The lowest BCUT2D eigenvalue weighted by Gasteiger charge is -2.03. The van der Waals surface area contributed by atoms with Crippen LogP contribution in [-0.4, -0.2) is 10.9 Å². The zero-order valence-electron chi connectivity index (χ0n) is 14.5. The van der Waals surface area contributed by atoms with Crippen LogP contribution < -0.4 is 5.32 Å². The number of rotatable bonds is 4. The van der Waals surface area contributed by atoms with Crippen LogP contribution in [0, 0.1) is 0 Å². The molecule has 4 aromatic rings. The molecule has 0 unspecified atom stereocenters. The number of carbonyl (C=O) groups excluding carboxylic acids is 1. The number of aromatic nitrogens is 1. The number of nitrogens with zero attached hydrogens (tertiary/aromatic N) is 1. The van der Waals surface area contributed by atoms with E-state index in [2.05, 4.69) is 28.5 Å². The molecule has 0 saturated heterocycles. The second-order valence-electron chi connectivity index (χ2n) is 6.02. The molecule has 1 aromatic heterocycles. The van der Waals surface area contributed by atoms with Crippen LogP contribution in [0.15, 0.2) is 72.1 Å². The SMILES string of the molecule is O=C(C=Cc1c(Cl)cccc1Cl)Nc1nc(-c2cccc3ccccc23)cs1. The van der Waals surface area contributed by atoms with E-state index in [1.54, 1.807) is 24.3 Å². The molecule has 1 heterocycles. The molecule has 0 spiro atoms. The number of carbonyl (C=O) groups is 1. The van der Waals surface area contributed by atoms with Crippen LogP contribution >= 0.6 is 34.5 Å². The molecule has 1 amide bonds. The molecule has 0 fully saturated rings. The molecule has 6 heteroatoms. The van der Waals surface area contributed by atoms with Gasteiger partial charge in [-0.2, -0.15) is 0 Å². The summed E-state index contributed by atoms with van der Waals surface area (Å²) in [4.78, 5) is 16.8. The fraction of sp³-hybridized carbons (Fsp3) is 0.